The van der Waals surface area contributed by atoms with Crippen LogP contribution < -0.4 is 0 Å². The Hall–Kier alpha value is -1.93. The molecule has 2 saturated heterocycles. The second-order valence-electron chi connectivity index (χ2n) is 6.89. The van der Waals surface area contributed by atoms with Gasteiger partial charge in [0.25, 0.3) is 5.91 Å². The lowest BCUT2D eigenvalue weighted by Crippen LogP contribution is -2.38. The molecule has 0 radical (unpaired) electrons. The van der Waals surface area contributed by atoms with Gasteiger partial charge in [-0.2, -0.15) is 5.10 Å². The second kappa shape index (κ2) is 5.29. The number of hydrogen-bond donors (Lipinski definition) is 1. The van der Waals surface area contributed by atoms with Gasteiger partial charge in [-0.1, -0.05) is 18.2 Å². The molecule has 8 heteroatoms. The Kier molecular flexibility index (Phi) is 3.43. The van der Waals surface area contributed by atoms with Gasteiger partial charge in [-0.3, -0.25) is 9.89 Å². The molecule has 1 aromatic carbocycles. The van der Waals surface area contributed by atoms with Gasteiger partial charge >= 0.3 is 0 Å². The summed E-state index contributed by atoms with van der Waals surface area (Å²) in [5.41, 5.74) is 1.17. The molecular weight excluding hydrogens is 328 g/mol. The first kappa shape index (κ1) is 15.6. The van der Waals surface area contributed by atoms with Crippen LogP contribution in [0.25, 0.3) is 10.9 Å². The van der Waals surface area contributed by atoms with Crippen LogP contribution in [0.5, 0.6) is 0 Å². The van der Waals surface area contributed by atoms with Crippen molar-refractivity contribution in [2.45, 2.75) is 11.3 Å². The van der Waals surface area contributed by atoms with E-state index in [1.807, 2.05) is 43.3 Å². The Labute approximate surface area is 140 Å². The van der Waals surface area contributed by atoms with Crippen LogP contribution in [0.3, 0.4) is 0 Å². The number of H-pyrrole nitrogens is 1. The van der Waals surface area contributed by atoms with Crippen molar-refractivity contribution in [1.29, 1.82) is 0 Å². The number of amides is 1. The average Bonchev–Trinajstić information content (AvgIpc) is 3.21. The molecule has 2 aliphatic rings. The number of hydrogen-bond acceptors (Lipinski definition) is 5. The summed E-state index contributed by atoms with van der Waals surface area (Å²) in [5.74, 6) is -0.0448. The zero-order chi connectivity index (χ0) is 17.1. The number of benzene rings is 1. The van der Waals surface area contributed by atoms with Crippen LogP contribution in [0, 0.1) is 5.92 Å². The van der Waals surface area contributed by atoms with Crippen molar-refractivity contribution in [3.05, 3.63) is 30.0 Å². The Balaban J connectivity index is 1.64. The van der Waals surface area contributed by atoms with Crippen molar-refractivity contribution in [1.82, 2.24) is 20.0 Å². The predicted molar refractivity (Wildman–Crippen MR) is 90.5 cm³/mol. The number of aromatic nitrogens is 2. The van der Waals surface area contributed by atoms with Crippen LogP contribution >= 0.6 is 0 Å². The highest BCUT2D eigenvalue weighted by atomic mass is 32.2. The minimum absolute atomic E-state index is 0.0286. The van der Waals surface area contributed by atoms with Gasteiger partial charge in [-0.05, 0) is 20.2 Å². The number of sulfone groups is 1. The number of fused-ring (bicyclic) bond motifs is 2. The SMILES string of the molecule is CN(C)[C@@H]1CS(=O)(=O)[C@H]2CN(C(=O)c3n[nH]c4ccccc34)C[C@@H]12. The molecule has 2 aliphatic heterocycles. The summed E-state index contributed by atoms with van der Waals surface area (Å²) in [6.07, 6.45) is 0. The summed E-state index contributed by atoms with van der Waals surface area (Å²) in [7, 11) is 0.635. The molecule has 1 amide bonds. The summed E-state index contributed by atoms with van der Waals surface area (Å²) < 4.78 is 24.9. The van der Waals surface area contributed by atoms with Crippen LogP contribution in [0.1, 0.15) is 10.5 Å². The van der Waals surface area contributed by atoms with Crippen LogP contribution in [0.2, 0.25) is 0 Å². The Bertz CT molecular complexity index is 905. The lowest BCUT2D eigenvalue weighted by Gasteiger charge is -2.24. The van der Waals surface area contributed by atoms with Crippen molar-refractivity contribution >= 4 is 26.6 Å². The molecule has 1 aromatic heterocycles. The van der Waals surface area contributed by atoms with E-state index in [0.717, 1.165) is 10.9 Å². The minimum atomic E-state index is -3.16. The maximum Gasteiger partial charge on any atom is 0.275 e. The first-order valence-corrected chi connectivity index (χ1v) is 9.70. The van der Waals surface area contributed by atoms with Crippen LogP contribution in [0.4, 0.5) is 0 Å². The molecule has 2 aromatic rings. The van der Waals surface area contributed by atoms with Gasteiger partial charge in [0, 0.05) is 30.4 Å². The van der Waals surface area contributed by atoms with E-state index in [1.165, 1.54) is 0 Å². The number of carbonyl (C=O) groups excluding carboxylic acids is 1. The minimum Gasteiger partial charge on any atom is -0.336 e. The zero-order valence-electron chi connectivity index (χ0n) is 13.6. The fraction of sp³-hybridized carbons (Fsp3) is 0.500. The Morgan fingerprint density at radius 2 is 2.04 bits per heavy atom. The molecule has 7 nitrogen and oxygen atoms in total. The third kappa shape index (κ3) is 2.24. The first-order valence-electron chi connectivity index (χ1n) is 7.99. The quantitative estimate of drug-likeness (QED) is 0.847. The highest BCUT2D eigenvalue weighted by molar-refractivity contribution is 7.92. The van der Waals surface area contributed by atoms with Crippen LogP contribution in [-0.2, 0) is 9.84 Å². The molecule has 3 atom stereocenters. The van der Waals surface area contributed by atoms with Crippen LogP contribution in [0.15, 0.2) is 24.3 Å². The van der Waals surface area contributed by atoms with E-state index in [9.17, 15) is 13.2 Å². The van der Waals surface area contributed by atoms with Crippen molar-refractivity contribution in [2.24, 2.45) is 5.92 Å². The summed E-state index contributed by atoms with van der Waals surface area (Å²) in [5, 5.41) is 7.32. The lowest BCUT2D eigenvalue weighted by atomic mass is 10.00. The summed E-state index contributed by atoms with van der Waals surface area (Å²) in [6, 6.07) is 7.42. The molecule has 0 saturated carbocycles. The van der Waals surface area contributed by atoms with Gasteiger partial charge in [-0.15, -0.1) is 0 Å². The number of para-hydroxylation sites is 1. The smallest absolute Gasteiger partial charge is 0.275 e. The molecule has 128 valence electrons. The monoisotopic (exact) mass is 348 g/mol. The standard InChI is InChI=1S/C16H20N4O3S/c1-19(2)13-9-24(22,23)14-8-20(7-11(13)14)16(21)15-10-5-3-4-6-12(10)17-18-15/h3-6,11,13-14H,7-9H2,1-2H3,(H,17,18)/t11-,13+,14-/m0/s1. The third-order valence-electron chi connectivity index (χ3n) is 5.29. The maximum absolute atomic E-state index is 12.9. The Morgan fingerprint density at radius 1 is 1.29 bits per heavy atom. The van der Waals surface area contributed by atoms with Gasteiger partial charge in [0.1, 0.15) is 0 Å². The second-order valence-corrected chi connectivity index (χ2v) is 9.16. The molecule has 0 unspecified atom stereocenters. The van der Waals surface area contributed by atoms with Gasteiger partial charge in [0.15, 0.2) is 15.5 Å². The molecule has 3 heterocycles. The summed E-state index contributed by atoms with van der Waals surface area (Å²) in [4.78, 5) is 16.5. The van der Waals surface area contributed by atoms with Gasteiger partial charge in [0.05, 0.1) is 16.5 Å². The van der Waals surface area contributed by atoms with Gasteiger partial charge < -0.3 is 9.80 Å². The third-order valence-corrected chi connectivity index (χ3v) is 7.52. The number of aromatic amines is 1. The van der Waals surface area contributed by atoms with E-state index in [4.69, 9.17) is 0 Å². The van der Waals surface area contributed by atoms with E-state index in [0.29, 0.717) is 12.2 Å². The summed E-state index contributed by atoms with van der Waals surface area (Å²) >= 11 is 0. The van der Waals surface area contributed by atoms with Crippen LogP contribution in [-0.4, -0.2) is 78.6 Å². The number of rotatable bonds is 2. The molecule has 4 rings (SSSR count). The maximum atomic E-state index is 12.9. The Morgan fingerprint density at radius 3 is 2.79 bits per heavy atom. The fourth-order valence-electron chi connectivity index (χ4n) is 4.01. The molecule has 0 aliphatic carbocycles. The molecule has 0 bridgehead atoms. The molecular formula is C16H20N4O3S. The predicted octanol–water partition coefficient (Wildman–Crippen LogP) is 0.362. The first-order chi connectivity index (χ1) is 11.4. The number of likely N-dealkylation sites (tertiary alicyclic amines) is 1. The van der Waals surface area contributed by atoms with Gasteiger partial charge in [0.2, 0.25) is 0 Å². The van der Waals surface area contributed by atoms with E-state index < -0.39 is 15.1 Å². The average molecular weight is 348 g/mol. The summed E-state index contributed by atoms with van der Waals surface area (Å²) in [6.45, 7) is 0.726. The van der Waals surface area contributed by atoms with E-state index >= 15 is 0 Å². The van der Waals surface area contributed by atoms with E-state index in [1.54, 1.807) is 4.90 Å². The highest BCUT2D eigenvalue weighted by Gasteiger charge is 2.53. The normalized spacial score (nSPS) is 28.6. The number of nitrogens with zero attached hydrogens (tertiary/aromatic N) is 3. The highest BCUT2D eigenvalue weighted by Crippen LogP contribution is 2.36. The molecule has 2 fully saturated rings. The zero-order valence-corrected chi connectivity index (χ0v) is 14.5. The van der Waals surface area contributed by atoms with Crippen molar-refractivity contribution in [3.63, 3.8) is 0 Å². The topological polar surface area (TPSA) is 86.4 Å². The molecule has 24 heavy (non-hydrogen) atoms. The largest absolute Gasteiger partial charge is 0.336 e. The van der Waals surface area contributed by atoms with Crippen molar-refractivity contribution in [3.8, 4) is 0 Å². The number of nitrogens with one attached hydrogen (secondary N) is 1. The van der Waals surface area contributed by atoms with Gasteiger partial charge in [-0.25, -0.2) is 8.42 Å². The van der Waals surface area contributed by atoms with Crippen molar-refractivity contribution in [2.75, 3.05) is 32.9 Å². The lowest BCUT2D eigenvalue weighted by molar-refractivity contribution is 0.0775. The fourth-order valence-corrected chi connectivity index (χ4v) is 6.48. The number of carbonyl (C=O) groups is 1. The van der Waals surface area contributed by atoms with E-state index in [2.05, 4.69) is 10.2 Å². The van der Waals surface area contributed by atoms with E-state index in [-0.39, 0.29) is 30.2 Å². The molecule has 1 N–H and O–H groups in total. The molecule has 0 spiro atoms. The van der Waals surface area contributed by atoms with Crippen molar-refractivity contribution < 1.29 is 13.2 Å².